The van der Waals surface area contributed by atoms with E-state index in [9.17, 15) is 4.79 Å². The second-order valence-corrected chi connectivity index (χ2v) is 6.59. The number of aromatic nitrogens is 2. The maximum absolute atomic E-state index is 12.7. The summed E-state index contributed by atoms with van der Waals surface area (Å²) in [5.41, 5.74) is 6.89. The van der Waals surface area contributed by atoms with Gasteiger partial charge in [-0.15, -0.1) is 0 Å². The van der Waals surface area contributed by atoms with Crippen molar-refractivity contribution in [3.63, 3.8) is 0 Å². The van der Waals surface area contributed by atoms with E-state index < -0.39 is 0 Å². The van der Waals surface area contributed by atoms with Gasteiger partial charge in [0, 0.05) is 30.9 Å². The average Bonchev–Trinajstić information content (AvgIpc) is 3.12. The Morgan fingerprint density at radius 3 is 2.88 bits per heavy atom. The second-order valence-electron chi connectivity index (χ2n) is 6.16. The molecule has 134 valence electrons. The van der Waals surface area contributed by atoms with Gasteiger partial charge in [-0.2, -0.15) is 5.10 Å². The molecule has 25 heavy (non-hydrogen) atoms. The lowest BCUT2D eigenvalue weighted by atomic mass is 10.1. The van der Waals surface area contributed by atoms with Crippen molar-refractivity contribution in [2.75, 3.05) is 26.2 Å². The first kappa shape index (κ1) is 17.9. The third kappa shape index (κ3) is 4.60. The van der Waals surface area contributed by atoms with E-state index in [2.05, 4.69) is 5.10 Å². The van der Waals surface area contributed by atoms with Gasteiger partial charge in [0.2, 0.25) is 0 Å². The standard InChI is InChI=1S/C18H23ClN4O2/c19-15-3-1-4-16(11-15)23-13-14(12-21-23)18(24)22-8-5-17(6-9-22)25-10-2-7-20/h1,3-4,11-13,17H,2,5-10,20H2. The molecule has 0 aliphatic carbocycles. The Hall–Kier alpha value is -1.89. The summed E-state index contributed by atoms with van der Waals surface area (Å²) < 4.78 is 7.45. The number of ether oxygens (including phenoxy) is 1. The lowest BCUT2D eigenvalue weighted by molar-refractivity contribution is 0.00845. The van der Waals surface area contributed by atoms with Gasteiger partial charge in [-0.05, 0) is 44.0 Å². The third-order valence-corrected chi connectivity index (χ3v) is 4.57. The van der Waals surface area contributed by atoms with Crippen LogP contribution >= 0.6 is 11.6 Å². The van der Waals surface area contributed by atoms with E-state index in [0.29, 0.717) is 36.8 Å². The van der Waals surface area contributed by atoms with Gasteiger partial charge >= 0.3 is 0 Å². The van der Waals surface area contributed by atoms with Gasteiger partial charge in [-0.25, -0.2) is 4.68 Å². The summed E-state index contributed by atoms with van der Waals surface area (Å²) in [6, 6.07) is 7.38. The first-order valence-electron chi connectivity index (χ1n) is 8.59. The zero-order valence-corrected chi connectivity index (χ0v) is 14.9. The zero-order chi connectivity index (χ0) is 17.6. The molecule has 0 unspecified atom stereocenters. The Morgan fingerprint density at radius 2 is 2.16 bits per heavy atom. The molecule has 0 radical (unpaired) electrons. The molecule has 0 bridgehead atoms. The van der Waals surface area contributed by atoms with Crippen LogP contribution in [0.3, 0.4) is 0 Å². The molecule has 0 saturated carbocycles. The number of nitrogens with two attached hydrogens (primary N) is 1. The first-order valence-corrected chi connectivity index (χ1v) is 8.96. The fraction of sp³-hybridized carbons (Fsp3) is 0.444. The van der Waals surface area contributed by atoms with Crippen LogP contribution in [-0.4, -0.2) is 52.9 Å². The SMILES string of the molecule is NCCCOC1CCN(C(=O)c2cnn(-c3cccc(Cl)c3)c2)CC1. The minimum Gasteiger partial charge on any atom is -0.378 e. The van der Waals surface area contributed by atoms with Crippen LogP contribution in [0.25, 0.3) is 5.69 Å². The molecule has 2 heterocycles. The predicted octanol–water partition coefficient (Wildman–Crippen LogP) is 2.50. The first-order chi connectivity index (χ1) is 12.2. The fourth-order valence-corrected chi connectivity index (χ4v) is 3.12. The molecule has 0 spiro atoms. The molecular formula is C18H23ClN4O2. The number of rotatable bonds is 6. The Kier molecular flexibility index (Phi) is 6.07. The predicted molar refractivity (Wildman–Crippen MR) is 97.1 cm³/mol. The van der Waals surface area contributed by atoms with Gasteiger partial charge in [-0.3, -0.25) is 4.79 Å². The van der Waals surface area contributed by atoms with Gasteiger partial charge in [0.25, 0.3) is 5.91 Å². The van der Waals surface area contributed by atoms with Crippen molar-refractivity contribution in [3.8, 4) is 5.69 Å². The lowest BCUT2D eigenvalue weighted by Crippen LogP contribution is -2.41. The van der Waals surface area contributed by atoms with Crippen LogP contribution in [0.4, 0.5) is 0 Å². The fourth-order valence-electron chi connectivity index (χ4n) is 2.93. The molecule has 2 N–H and O–H groups in total. The van der Waals surface area contributed by atoms with Gasteiger partial charge in [0.15, 0.2) is 0 Å². The number of hydrogen-bond acceptors (Lipinski definition) is 4. The smallest absolute Gasteiger partial charge is 0.257 e. The Labute approximate surface area is 152 Å². The van der Waals surface area contributed by atoms with Crippen molar-refractivity contribution in [2.45, 2.75) is 25.4 Å². The number of hydrogen-bond donors (Lipinski definition) is 1. The van der Waals surface area contributed by atoms with Crippen LogP contribution in [0.1, 0.15) is 29.6 Å². The average molecular weight is 363 g/mol. The second kappa shape index (κ2) is 8.47. The maximum atomic E-state index is 12.7. The van der Waals surface area contributed by atoms with E-state index >= 15 is 0 Å². The van der Waals surface area contributed by atoms with Gasteiger partial charge in [0.1, 0.15) is 0 Å². The summed E-state index contributed by atoms with van der Waals surface area (Å²) in [6.45, 7) is 2.75. The molecule has 1 amide bonds. The molecule has 3 rings (SSSR count). The monoisotopic (exact) mass is 362 g/mol. The van der Waals surface area contributed by atoms with E-state index in [4.69, 9.17) is 22.1 Å². The normalized spacial score (nSPS) is 15.5. The van der Waals surface area contributed by atoms with Crippen molar-refractivity contribution < 1.29 is 9.53 Å². The van der Waals surface area contributed by atoms with E-state index in [-0.39, 0.29) is 12.0 Å². The summed E-state index contributed by atoms with van der Waals surface area (Å²) >= 11 is 6.01. The molecule has 1 aliphatic heterocycles. The van der Waals surface area contributed by atoms with E-state index in [1.54, 1.807) is 23.1 Å². The maximum Gasteiger partial charge on any atom is 0.257 e. The number of carbonyl (C=O) groups is 1. The van der Waals surface area contributed by atoms with Crippen LogP contribution in [-0.2, 0) is 4.74 Å². The van der Waals surface area contributed by atoms with Crippen LogP contribution < -0.4 is 5.73 Å². The number of amides is 1. The summed E-state index contributed by atoms with van der Waals surface area (Å²) in [7, 11) is 0. The Balaban J connectivity index is 1.57. The molecule has 1 aromatic heterocycles. The zero-order valence-electron chi connectivity index (χ0n) is 14.1. The van der Waals surface area contributed by atoms with Crippen molar-refractivity contribution in [1.29, 1.82) is 0 Å². The number of nitrogens with zero attached hydrogens (tertiary/aromatic N) is 3. The van der Waals surface area contributed by atoms with Crippen molar-refractivity contribution in [2.24, 2.45) is 5.73 Å². The highest BCUT2D eigenvalue weighted by Gasteiger charge is 2.24. The minimum absolute atomic E-state index is 0.00804. The Morgan fingerprint density at radius 1 is 1.36 bits per heavy atom. The van der Waals surface area contributed by atoms with Gasteiger partial charge in [0.05, 0.1) is 23.6 Å². The lowest BCUT2D eigenvalue weighted by Gasteiger charge is -2.31. The Bertz CT molecular complexity index is 711. The summed E-state index contributed by atoms with van der Waals surface area (Å²) in [5, 5.41) is 4.92. The number of benzene rings is 1. The van der Waals surface area contributed by atoms with E-state index in [1.807, 2.05) is 23.1 Å². The molecule has 1 aliphatic rings. The van der Waals surface area contributed by atoms with Gasteiger partial charge in [-0.1, -0.05) is 17.7 Å². The topological polar surface area (TPSA) is 73.4 Å². The molecule has 1 aromatic carbocycles. The summed E-state index contributed by atoms with van der Waals surface area (Å²) in [4.78, 5) is 14.5. The molecule has 2 aromatic rings. The highest BCUT2D eigenvalue weighted by molar-refractivity contribution is 6.30. The molecular weight excluding hydrogens is 340 g/mol. The highest BCUT2D eigenvalue weighted by atomic mass is 35.5. The molecule has 0 atom stereocenters. The van der Waals surface area contributed by atoms with Crippen LogP contribution in [0, 0.1) is 0 Å². The third-order valence-electron chi connectivity index (χ3n) is 4.33. The molecule has 7 heteroatoms. The van der Waals surface area contributed by atoms with E-state index in [1.165, 1.54) is 0 Å². The molecule has 6 nitrogen and oxygen atoms in total. The minimum atomic E-state index is 0.00804. The summed E-state index contributed by atoms with van der Waals surface area (Å²) in [6.07, 6.45) is 6.18. The molecule has 1 saturated heterocycles. The quantitative estimate of drug-likeness (QED) is 0.801. The molecule has 1 fully saturated rings. The largest absolute Gasteiger partial charge is 0.378 e. The number of likely N-dealkylation sites (tertiary alicyclic amines) is 1. The number of piperidine rings is 1. The van der Waals surface area contributed by atoms with Crippen LogP contribution in [0.5, 0.6) is 0 Å². The van der Waals surface area contributed by atoms with Gasteiger partial charge < -0.3 is 15.4 Å². The van der Waals surface area contributed by atoms with Crippen LogP contribution in [0.2, 0.25) is 5.02 Å². The van der Waals surface area contributed by atoms with Crippen LogP contribution in [0.15, 0.2) is 36.7 Å². The number of carbonyl (C=O) groups excluding carboxylic acids is 1. The highest BCUT2D eigenvalue weighted by Crippen LogP contribution is 2.18. The van der Waals surface area contributed by atoms with Crippen molar-refractivity contribution in [3.05, 3.63) is 47.2 Å². The summed E-state index contributed by atoms with van der Waals surface area (Å²) in [5.74, 6) is 0.00804. The van der Waals surface area contributed by atoms with Crippen molar-refractivity contribution >= 4 is 17.5 Å². The number of halogens is 1. The van der Waals surface area contributed by atoms with Crippen molar-refractivity contribution in [1.82, 2.24) is 14.7 Å². The van der Waals surface area contributed by atoms with E-state index in [0.717, 1.165) is 24.9 Å².